The second-order valence-electron chi connectivity index (χ2n) is 16.1. The highest BCUT2D eigenvalue weighted by molar-refractivity contribution is 6.05. The number of nitrogens with zero attached hydrogens (tertiary/aromatic N) is 4. The molecule has 57 heavy (non-hydrogen) atoms. The molecule has 4 heteroatoms. The first-order valence-electron chi connectivity index (χ1n) is 19.4. The predicted octanol–water partition coefficient (Wildman–Crippen LogP) is 12.8. The smallest absolute Gasteiger partial charge is 0.161 e. The van der Waals surface area contributed by atoms with Crippen LogP contribution in [0.5, 0.6) is 0 Å². The van der Waals surface area contributed by atoms with Crippen molar-refractivity contribution in [1.82, 2.24) is 9.97 Å². The zero-order valence-electron chi connectivity index (χ0n) is 32.6. The lowest BCUT2D eigenvalue weighted by atomic mass is 9.74. The molecule has 6 aromatic carbocycles. The molecule has 9 rings (SSSR count). The Morgan fingerprint density at radius 2 is 1.21 bits per heavy atom. The zero-order chi connectivity index (χ0) is 39.5. The molecule has 0 N–H and O–H groups in total. The topological polar surface area (TPSA) is 73.4 Å². The number of nitriles is 2. The maximum absolute atomic E-state index is 10.4. The summed E-state index contributed by atoms with van der Waals surface area (Å²) in [4.78, 5) is 10.6. The summed E-state index contributed by atoms with van der Waals surface area (Å²) >= 11 is 0. The van der Waals surface area contributed by atoms with Gasteiger partial charge in [-0.05, 0) is 105 Å². The summed E-state index contributed by atoms with van der Waals surface area (Å²) in [5.41, 5.74) is 15.9. The summed E-state index contributed by atoms with van der Waals surface area (Å²) in [5.74, 6) is 0.431. The van der Waals surface area contributed by atoms with E-state index in [1.54, 1.807) is 6.07 Å². The highest BCUT2D eigenvalue weighted by Crippen LogP contribution is 2.50. The minimum absolute atomic E-state index is 0.171. The van der Waals surface area contributed by atoms with Crippen LogP contribution in [0.4, 0.5) is 0 Å². The number of hydrogen-bond acceptors (Lipinski definition) is 4. The third kappa shape index (κ3) is 5.81. The van der Waals surface area contributed by atoms with E-state index in [2.05, 4.69) is 144 Å². The van der Waals surface area contributed by atoms with Crippen molar-refractivity contribution in [2.75, 3.05) is 0 Å². The van der Waals surface area contributed by atoms with Crippen LogP contribution in [-0.2, 0) is 17.3 Å². The molecule has 0 atom stereocenters. The molecular weight excluding hydrogens is 693 g/mol. The SMILES string of the molecule is C=C1/C=C\C=C/Cc2ccc(-c3cc(-c4ccc5c(c4)C(C)(C)c4ccccc4-5)cc4c(-c5ccccc5C#N)nc(-c5ccccc5C#N)nc34)cc2C1(C)C. The number of allylic oxidation sites excluding steroid dienone is 5. The Labute approximate surface area is 334 Å². The first-order valence-corrected chi connectivity index (χ1v) is 19.4. The van der Waals surface area contributed by atoms with Gasteiger partial charge in [0.2, 0.25) is 0 Å². The van der Waals surface area contributed by atoms with Crippen molar-refractivity contribution >= 4 is 10.9 Å². The van der Waals surface area contributed by atoms with Gasteiger partial charge < -0.3 is 0 Å². The van der Waals surface area contributed by atoms with Gasteiger partial charge in [-0.25, -0.2) is 9.97 Å². The Balaban J connectivity index is 1.38. The molecule has 2 aliphatic rings. The van der Waals surface area contributed by atoms with Crippen LogP contribution in [0.25, 0.3) is 66.9 Å². The number of benzene rings is 6. The highest BCUT2D eigenvalue weighted by atomic mass is 14.9. The average Bonchev–Trinajstić information content (AvgIpc) is 3.49. The number of rotatable bonds is 4. The van der Waals surface area contributed by atoms with Crippen LogP contribution in [0.1, 0.15) is 61.1 Å². The monoisotopic (exact) mass is 732 g/mol. The van der Waals surface area contributed by atoms with Crippen molar-refractivity contribution in [2.24, 2.45) is 0 Å². The summed E-state index contributed by atoms with van der Waals surface area (Å²) in [6.45, 7) is 13.6. The van der Waals surface area contributed by atoms with Crippen LogP contribution in [0.15, 0.2) is 158 Å². The molecule has 0 bridgehead atoms. The van der Waals surface area contributed by atoms with Gasteiger partial charge in [0.25, 0.3) is 0 Å². The molecule has 7 aromatic rings. The van der Waals surface area contributed by atoms with Gasteiger partial charge in [0, 0.05) is 32.9 Å². The second-order valence-corrected chi connectivity index (χ2v) is 16.1. The van der Waals surface area contributed by atoms with E-state index >= 15 is 0 Å². The molecule has 4 nitrogen and oxygen atoms in total. The quantitative estimate of drug-likeness (QED) is 0.181. The van der Waals surface area contributed by atoms with Gasteiger partial charge in [0.15, 0.2) is 5.82 Å². The zero-order valence-corrected chi connectivity index (χ0v) is 32.6. The van der Waals surface area contributed by atoms with E-state index in [1.165, 1.54) is 33.4 Å². The van der Waals surface area contributed by atoms with E-state index in [9.17, 15) is 10.5 Å². The van der Waals surface area contributed by atoms with Crippen LogP contribution < -0.4 is 0 Å². The molecule has 0 saturated carbocycles. The van der Waals surface area contributed by atoms with Crippen LogP contribution in [0.2, 0.25) is 0 Å². The number of aromatic nitrogens is 2. The maximum Gasteiger partial charge on any atom is 0.161 e. The summed E-state index contributed by atoms with van der Waals surface area (Å²) in [6.07, 6.45) is 9.26. The summed E-state index contributed by atoms with van der Waals surface area (Å²) < 4.78 is 0. The van der Waals surface area contributed by atoms with Crippen LogP contribution >= 0.6 is 0 Å². The first-order chi connectivity index (χ1) is 27.6. The predicted molar refractivity (Wildman–Crippen MR) is 232 cm³/mol. The average molecular weight is 733 g/mol. The molecule has 0 radical (unpaired) electrons. The fraction of sp³-hybridized carbons (Fsp3) is 0.132. The third-order valence-corrected chi connectivity index (χ3v) is 12.1. The van der Waals surface area contributed by atoms with Gasteiger partial charge in [-0.2, -0.15) is 10.5 Å². The van der Waals surface area contributed by atoms with E-state index in [1.807, 2.05) is 42.5 Å². The van der Waals surface area contributed by atoms with Crippen LogP contribution in [-0.4, -0.2) is 9.97 Å². The second kappa shape index (κ2) is 13.6. The van der Waals surface area contributed by atoms with Crippen molar-refractivity contribution in [3.05, 3.63) is 191 Å². The first kappa shape index (κ1) is 35.6. The van der Waals surface area contributed by atoms with Gasteiger partial charge >= 0.3 is 0 Å². The number of hydrogen-bond donors (Lipinski definition) is 0. The van der Waals surface area contributed by atoms with E-state index in [0.29, 0.717) is 33.8 Å². The van der Waals surface area contributed by atoms with Crippen molar-refractivity contribution in [1.29, 1.82) is 10.5 Å². The molecule has 1 aromatic heterocycles. The van der Waals surface area contributed by atoms with Crippen molar-refractivity contribution in [3.8, 4) is 68.2 Å². The molecule has 0 amide bonds. The van der Waals surface area contributed by atoms with Gasteiger partial charge in [-0.15, -0.1) is 0 Å². The summed E-state index contributed by atoms with van der Waals surface area (Å²) in [6, 6.07) is 46.5. The largest absolute Gasteiger partial charge is 0.227 e. The molecular formula is C53H40N4. The fourth-order valence-electron chi connectivity index (χ4n) is 8.72. The lowest BCUT2D eigenvalue weighted by Gasteiger charge is -2.29. The fourth-order valence-corrected chi connectivity index (χ4v) is 8.72. The van der Waals surface area contributed by atoms with E-state index in [-0.39, 0.29) is 10.8 Å². The minimum Gasteiger partial charge on any atom is -0.227 e. The summed E-state index contributed by atoms with van der Waals surface area (Å²) in [7, 11) is 0. The number of fused-ring (bicyclic) bond motifs is 5. The molecule has 0 spiro atoms. The molecule has 0 fully saturated rings. The van der Waals surface area contributed by atoms with Gasteiger partial charge in [0.05, 0.1) is 34.5 Å². The molecule has 0 aliphatic heterocycles. The van der Waals surface area contributed by atoms with Crippen molar-refractivity contribution < 1.29 is 0 Å². The standard InChI is InChI=1S/C53H40N4/c1-33-15-7-6-8-16-34-23-24-36(30-47(34)52(33,2)3)44-27-39(35-25-26-43-42-21-13-14-22-46(42)53(4,5)48(43)29-35)28-45-49(40-19-11-9-17-37(40)31-54)56-51(57-50(44)45)41-20-12-10-18-38(41)32-55/h6-15,17-30H,1,16H2,2-5H3/b8-6-,15-7-. The Hall–Kier alpha value is -7.14. The Morgan fingerprint density at radius 1 is 0.561 bits per heavy atom. The third-order valence-electron chi connectivity index (χ3n) is 12.1. The maximum atomic E-state index is 10.4. The molecule has 2 aliphatic carbocycles. The molecule has 272 valence electrons. The van der Waals surface area contributed by atoms with Crippen LogP contribution in [0.3, 0.4) is 0 Å². The van der Waals surface area contributed by atoms with E-state index < -0.39 is 0 Å². The Bertz CT molecular complexity index is 2980. The Morgan fingerprint density at radius 3 is 1.98 bits per heavy atom. The molecule has 1 heterocycles. The van der Waals surface area contributed by atoms with Crippen LogP contribution in [0, 0.1) is 22.7 Å². The lowest BCUT2D eigenvalue weighted by molar-refractivity contribution is 0.635. The van der Waals surface area contributed by atoms with Crippen molar-refractivity contribution in [2.45, 2.75) is 44.9 Å². The Kier molecular flexibility index (Phi) is 8.46. The van der Waals surface area contributed by atoms with Gasteiger partial charge in [-0.1, -0.05) is 137 Å². The molecule has 0 unspecified atom stereocenters. The summed E-state index contributed by atoms with van der Waals surface area (Å²) in [5, 5.41) is 21.4. The lowest BCUT2D eigenvalue weighted by Crippen LogP contribution is -2.20. The van der Waals surface area contributed by atoms with E-state index in [4.69, 9.17) is 9.97 Å². The normalized spacial score (nSPS) is 15.9. The van der Waals surface area contributed by atoms with Gasteiger partial charge in [0.1, 0.15) is 0 Å². The molecule has 0 saturated heterocycles. The minimum atomic E-state index is -0.343. The highest BCUT2D eigenvalue weighted by Gasteiger charge is 2.35. The van der Waals surface area contributed by atoms with E-state index in [0.717, 1.165) is 45.2 Å². The van der Waals surface area contributed by atoms with Gasteiger partial charge in [-0.3, -0.25) is 0 Å². The van der Waals surface area contributed by atoms with Crippen molar-refractivity contribution in [3.63, 3.8) is 0 Å².